The number of aliphatic imine (C=N–C) groups is 1. The van der Waals surface area contributed by atoms with Crippen molar-refractivity contribution < 1.29 is 9.53 Å². The van der Waals surface area contributed by atoms with Crippen LogP contribution in [0.25, 0.3) is 0 Å². The van der Waals surface area contributed by atoms with E-state index in [1.807, 2.05) is 0 Å². The number of carbonyl (C=O) groups is 1. The largest absolute Gasteiger partial charge is 0.379 e. The molecule has 0 spiro atoms. The summed E-state index contributed by atoms with van der Waals surface area (Å²) in [4.78, 5) is 22.3. The number of ether oxygens (including phenoxy) is 1. The highest BCUT2D eigenvalue weighted by molar-refractivity contribution is 14.0. The first kappa shape index (κ1) is 21.6. The van der Waals surface area contributed by atoms with Crippen molar-refractivity contribution in [3.63, 3.8) is 0 Å². The van der Waals surface area contributed by atoms with Crippen LogP contribution in [0.1, 0.15) is 10.4 Å². The predicted octanol–water partition coefficient (Wildman–Crippen LogP) is -0.0734. The lowest BCUT2D eigenvalue weighted by Crippen LogP contribution is -2.45. The number of hydrogen-bond donors (Lipinski definition) is 3. The highest BCUT2D eigenvalue weighted by atomic mass is 127. The van der Waals surface area contributed by atoms with E-state index in [-0.39, 0.29) is 29.9 Å². The van der Waals surface area contributed by atoms with E-state index in [2.05, 4.69) is 30.8 Å². The first-order valence-corrected chi connectivity index (χ1v) is 8.22. The summed E-state index contributed by atoms with van der Waals surface area (Å²) >= 11 is 0. The van der Waals surface area contributed by atoms with Crippen LogP contribution in [-0.2, 0) is 4.74 Å². The van der Waals surface area contributed by atoms with Gasteiger partial charge in [-0.2, -0.15) is 0 Å². The summed E-state index contributed by atoms with van der Waals surface area (Å²) in [6.07, 6.45) is 3.19. The molecule has 1 aromatic heterocycles. The van der Waals surface area contributed by atoms with Gasteiger partial charge in [0.2, 0.25) is 0 Å². The zero-order valence-electron chi connectivity index (χ0n) is 14.5. The molecule has 140 valence electrons. The van der Waals surface area contributed by atoms with Crippen molar-refractivity contribution in [3.8, 4) is 0 Å². The number of amides is 1. The zero-order chi connectivity index (χ0) is 17.0. The molecule has 0 radical (unpaired) electrons. The van der Waals surface area contributed by atoms with Crippen molar-refractivity contribution >= 4 is 35.8 Å². The summed E-state index contributed by atoms with van der Waals surface area (Å²) in [5.74, 6) is 0.610. The maximum atomic E-state index is 11.9. The summed E-state index contributed by atoms with van der Waals surface area (Å²) in [7, 11) is 1.73. The standard InChI is InChI=1S/C16H26N6O2.HI/c1-17-16(21-7-8-22-9-11-24-12-10-22)20-6-5-19-15(23)14-3-2-4-18-13-14;/h2-4,13H,5-12H2,1H3,(H,19,23)(H2,17,20,21);1H. The van der Waals surface area contributed by atoms with Crippen molar-refractivity contribution in [2.75, 3.05) is 59.5 Å². The molecule has 0 aliphatic carbocycles. The van der Waals surface area contributed by atoms with Gasteiger partial charge in [-0.25, -0.2) is 0 Å². The van der Waals surface area contributed by atoms with Gasteiger partial charge in [0.1, 0.15) is 0 Å². The van der Waals surface area contributed by atoms with E-state index in [1.165, 1.54) is 0 Å². The lowest BCUT2D eigenvalue weighted by Gasteiger charge is -2.26. The molecule has 1 saturated heterocycles. The average Bonchev–Trinajstić information content (AvgIpc) is 2.65. The fourth-order valence-electron chi connectivity index (χ4n) is 2.33. The Kier molecular flexibility index (Phi) is 11.1. The second kappa shape index (κ2) is 12.8. The molecule has 0 unspecified atom stereocenters. The zero-order valence-corrected chi connectivity index (χ0v) is 16.9. The number of morpholine rings is 1. The maximum absolute atomic E-state index is 11.9. The second-order valence-electron chi connectivity index (χ2n) is 5.38. The molecule has 2 heterocycles. The minimum Gasteiger partial charge on any atom is -0.379 e. The highest BCUT2D eigenvalue weighted by Gasteiger charge is 2.09. The number of carbonyl (C=O) groups excluding carboxylic acids is 1. The van der Waals surface area contributed by atoms with E-state index in [0.717, 1.165) is 45.4 Å². The van der Waals surface area contributed by atoms with E-state index in [1.54, 1.807) is 31.6 Å². The van der Waals surface area contributed by atoms with Gasteiger partial charge in [0.15, 0.2) is 5.96 Å². The van der Waals surface area contributed by atoms with Crippen LogP contribution in [0, 0.1) is 0 Å². The fraction of sp³-hybridized carbons (Fsp3) is 0.562. The van der Waals surface area contributed by atoms with Crippen LogP contribution in [0.2, 0.25) is 0 Å². The highest BCUT2D eigenvalue weighted by Crippen LogP contribution is 1.95. The molecule has 25 heavy (non-hydrogen) atoms. The van der Waals surface area contributed by atoms with Gasteiger partial charge in [-0.3, -0.25) is 19.7 Å². The number of hydrogen-bond acceptors (Lipinski definition) is 5. The third kappa shape index (κ3) is 8.45. The van der Waals surface area contributed by atoms with Gasteiger partial charge in [-0.1, -0.05) is 0 Å². The van der Waals surface area contributed by atoms with Gasteiger partial charge < -0.3 is 20.7 Å². The van der Waals surface area contributed by atoms with Crippen molar-refractivity contribution in [3.05, 3.63) is 30.1 Å². The number of aromatic nitrogens is 1. The number of nitrogens with zero attached hydrogens (tertiary/aromatic N) is 3. The topological polar surface area (TPSA) is 90.9 Å². The second-order valence-corrected chi connectivity index (χ2v) is 5.38. The van der Waals surface area contributed by atoms with Crippen molar-refractivity contribution in [1.29, 1.82) is 0 Å². The Morgan fingerprint density at radius 2 is 1.96 bits per heavy atom. The molecule has 0 saturated carbocycles. The van der Waals surface area contributed by atoms with E-state index in [0.29, 0.717) is 18.7 Å². The third-order valence-corrected chi connectivity index (χ3v) is 3.67. The molecule has 1 aliphatic rings. The van der Waals surface area contributed by atoms with Crippen LogP contribution in [-0.4, -0.2) is 81.3 Å². The lowest BCUT2D eigenvalue weighted by atomic mass is 10.3. The minimum atomic E-state index is -0.125. The van der Waals surface area contributed by atoms with Gasteiger partial charge >= 0.3 is 0 Å². The monoisotopic (exact) mass is 462 g/mol. The van der Waals surface area contributed by atoms with Gasteiger partial charge in [0.25, 0.3) is 5.91 Å². The van der Waals surface area contributed by atoms with Crippen molar-refractivity contribution in [2.45, 2.75) is 0 Å². The molecule has 2 rings (SSSR count). The Morgan fingerprint density at radius 3 is 2.64 bits per heavy atom. The molecule has 1 amide bonds. The van der Waals surface area contributed by atoms with E-state index >= 15 is 0 Å². The lowest BCUT2D eigenvalue weighted by molar-refractivity contribution is 0.0389. The van der Waals surface area contributed by atoms with Gasteiger partial charge in [-0.15, -0.1) is 24.0 Å². The van der Waals surface area contributed by atoms with E-state index in [4.69, 9.17) is 4.74 Å². The molecule has 8 nitrogen and oxygen atoms in total. The molecule has 0 atom stereocenters. The van der Waals surface area contributed by atoms with E-state index in [9.17, 15) is 4.79 Å². The third-order valence-electron chi connectivity index (χ3n) is 3.67. The molecule has 0 aromatic carbocycles. The number of pyridine rings is 1. The Hall–Kier alpha value is -1.46. The van der Waals surface area contributed by atoms with Crippen molar-refractivity contribution in [2.24, 2.45) is 4.99 Å². The van der Waals surface area contributed by atoms with Crippen LogP contribution in [0.4, 0.5) is 0 Å². The first-order valence-electron chi connectivity index (χ1n) is 8.22. The summed E-state index contributed by atoms with van der Waals surface area (Å²) in [5.41, 5.74) is 0.561. The number of guanidine groups is 1. The average molecular weight is 462 g/mol. The SMILES string of the molecule is CN=C(NCCNC(=O)c1cccnc1)NCCN1CCOCC1.I. The van der Waals surface area contributed by atoms with Crippen LogP contribution >= 0.6 is 24.0 Å². The smallest absolute Gasteiger partial charge is 0.252 e. The summed E-state index contributed by atoms with van der Waals surface area (Å²) in [6, 6.07) is 3.48. The van der Waals surface area contributed by atoms with Crippen LogP contribution in [0.5, 0.6) is 0 Å². The molecule has 9 heteroatoms. The Labute approximate surface area is 165 Å². The van der Waals surface area contributed by atoms with E-state index < -0.39 is 0 Å². The first-order chi connectivity index (χ1) is 11.8. The number of rotatable bonds is 7. The summed E-state index contributed by atoms with van der Waals surface area (Å²) in [6.45, 7) is 6.47. The Morgan fingerprint density at radius 1 is 1.24 bits per heavy atom. The Balaban J connectivity index is 0.00000312. The molecule has 1 aliphatic heterocycles. The molecule has 3 N–H and O–H groups in total. The summed E-state index contributed by atoms with van der Waals surface area (Å²) in [5, 5.41) is 9.29. The van der Waals surface area contributed by atoms with Gasteiger partial charge in [0.05, 0.1) is 18.8 Å². The quantitative estimate of drug-likeness (QED) is 0.228. The molecule has 1 fully saturated rings. The normalized spacial score (nSPS) is 15.2. The van der Waals surface area contributed by atoms with Gasteiger partial charge in [-0.05, 0) is 12.1 Å². The van der Waals surface area contributed by atoms with Crippen LogP contribution < -0.4 is 16.0 Å². The Bertz CT molecular complexity index is 523. The maximum Gasteiger partial charge on any atom is 0.252 e. The molecular formula is C16H27IN6O2. The molecular weight excluding hydrogens is 435 g/mol. The summed E-state index contributed by atoms with van der Waals surface area (Å²) < 4.78 is 5.33. The fourth-order valence-corrected chi connectivity index (χ4v) is 2.33. The number of halogens is 1. The molecule has 1 aromatic rings. The minimum absolute atomic E-state index is 0. The van der Waals surface area contributed by atoms with Crippen LogP contribution in [0.3, 0.4) is 0 Å². The van der Waals surface area contributed by atoms with Gasteiger partial charge in [0, 0.05) is 58.7 Å². The molecule has 0 bridgehead atoms. The van der Waals surface area contributed by atoms with Crippen molar-refractivity contribution in [1.82, 2.24) is 25.8 Å². The van der Waals surface area contributed by atoms with Crippen LogP contribution in [0.15, 0.2) is 29.5 Å². The predicted molar refractivity (Wildman–Crippen MR) is 109 cm³/mol. The number of nitrogens with one attached hydrogen (secondary N) is 3.